The zero-order valence-electron chi connectivity index (χ0n) is 11.2. The van der Waals surface area contributed by atoms with Crippen molar-refractivity contribution >= 4 is 17.4 Å². The summed E-state index contributed by atoms with van der Waals surface area (Å²) in [6.07, 6.45) is 0.713. The fourth-order valence-electron chi connectivity index (χ4n) is 2.58. The number of carbonyl (C=O) groups is 1. The van der Waals surface area contributed by atoms with E-state index < -0.39 is 4.92 Å². The van der Waals surface area contributed by atoms with E-state index in [4.69, 9.17) is 5.73 Å². The molecule has 2 heterocycles. The van der Waals surface area contributed by atoms with Gasteiger partial charge >= 0.3 is 5.82 Å². The van der Waals surface area contributed by atoms with Gasteiger partial charge in [0.25, 0.3) is 5.91 Å². The standard InChI is InChI=1S/C14H14N4O3/c15-10-7-9-3-1-2-4-12(9)17(8-10)14(19)11-5-6-13(16-11)18(20)21/h1-6,10,16H,7-8,15H2. The van der Waals surface area contributed by atoms with Crippen LogP contribution < -0.4 is 10.6 Å². The maximum atomic E-state index is 12.6. The van der Waals surface area contributed by atoms with Crippen LogP contribution in [0.3, 0.4) is 0 Å². The molecule has 3 rings (SSSR count). The van der Waals surface area contributed by atoms with Gasteiger partial charge in [0.15, 0.2) is 5.69 Å². The highest BCUT2D eigenvalue weighted by Crippen LogP contribution is 2.28. The molecule has 1 aliphatic heterocycles. The number of rotatable bonds is 2. The minimum atomic E-state index is -0.563. The van der Waals surface area contributed by atoms with Gasteiger partial charge in [-0.1, -0.05) is 18.2 Å². The van der Waals surface area contributed by atoms with Crippen molar-refractivity contribution in [2.45, 2.75) is 12.5 Å². The van der Waals surface area contributed by atoms with Crippen LogP contribution in [0.15, 0.2) is 36.4 Å². The van der Waals surface area contributed by atoms with Crippen LogP contribution in [0.4, 0.5) is 11.5 Å². The average Bonchev–Trinajstić information content (AvgIpc) is 2.95. The summed E-state index contributed by atoms with van der Waals surface area (Å²) < 4.78 is 0. The molecule has 0 bridgehead atoms. The predicted molar refractivity (Wildman–Crippen MR) is 77.2 cm³/mol. The summed E-state index contributed by atoms with van der Waals surface area (Å²) in [6.45, 7) is 0.392. The number of H-pyrrole nitrogens is 1. The first kappa shape index (κ1) is 13.3. The van der Waals surface area contributed by atoms with Crippen LogP contribution in [0.25, 0.3) is 0 Å². The Kier molecular flexibility index (Phi) is 3.19. The molecule has 3 N–H and O–H groups in total. The number of hydrogen-bond donors (Lipinski definition) is 2. The van der Waals surface area contributed by atoms with E-state index in [1.807, 2.05) is 24.3 Å². The van der Waals surface area contributed by atoms with E-state index >= 15 is 0 Å². The number of aromatic nitrogens is 1. The van der Waals surface area contributed by atoms with Gasteiger partial charge in [-0.3, -0.25) is 4.79 Å². The van der Waals surface area contributed by atoms with E-state index in [1.54, 1.807) is 4.90 Å². The van der Waals surface area contributed by atoms with E-state index in [9.17, 15) is 14.9 Å². The number of nitro groups is 1. The van der Waals surface area contributed by atoms with Crippen molar-refractivity contribution in [2.75, 3.05) is 11.4 Å². The van der Waals surface area contributed by atoms with Crippen molar-refractivity contribution < 1.29 is 9.72 Å². The van der Waals surface area contributed by atoms with Gasteiger partial charge < -0.3 is 20.7 Å². The molecule has 0 saturated heterocycles. The monoisotopic (exact) mass is 286 g/mol. The van der Waals surface area contributed by atoms with Crippen LogP contribution in [0.5, 0.6) is 0 Å². The van der Waals surface area contributed by atoms with Gasteiger partial charge in [0.05, 0.1) is 0 Å². The van der Waals surface area contributed by atoms with Crippen LogP contribution in [0.1, 0.15) is 16.1 Å². The summed E-state index contributed by atoms with van der Waals surface area (Å²) in [5.41, 5.74) is 7.99. The first-order chi connectivity index (χ1) is 10.1. The third kappa shape index (κ3) is 2.38. The lowest BCUT2D eigenvalue weighted by atomic mass is 9.98. The quantitative estimate of drug-likeness (QED) is 0.643. The lowest BCUT2D eigenvalue weighted by molar-refractivity contribution is -0.389. The zero-order chi connectivity index (χ0) is 15.0. The molecule has 21 heavy (non-hydrogen) atoms. The molecule has 108 valence electrons. The molecule has 1 amide bonds. The van der Waals surface area contributed by atoms with Gasteiger partial charge in [0, 0.05) is 24.3 Å². The largest absolute Gasteiger partial charge is 0.358 e. The second-order valence-electron chi connectivity index (χ2n) is 5.02. The minimum Gasteiger partial charge on any atom is -0.358 e. The number of aromatic amines is 1. The van der Waals surface area contributed by atoms with Crippen LogP contribution in [-0.2, 0) is 6.42 Å². The molecule has 1 aromatic carbocycles. The van der Waals surface area contributed by atoms with Crippen molar-refractivity contribution in [2.24, 2.45) is 5.73 Å². The lowest BCUT2D eigenvalue weighted by Crippen LogP contribution is -2.46. The molecule has 0 radical (unpaired) electrons. The summed E-state index contributed by atoms with van der Waals surface area (Å²) in [7, 11) is 0. The van der Waals surface area contributed by atoms with Gasteiger partial charge in [0.1, 0.15) is 0 Å². The Hall–Kier alpha value is -2.67. The Morgan fingerprint density at radius 3 is 2.81 bits per heavy atom. The molecule has 1 atom stereocenters. The summed E-state index contributed by atoms with van der Waals surface area (Å²) in [6, 6.07) is 10.1. The predicted octanol–water partition coefficient (Wildman–Crippen LogP) is 1.45. The highest BCUT2D eigenvalue weighted by atomic mass is 16.6. The first-order valence-electron chi connectivity index (χ1n) is 6.55. The molecule has 0 fully saturated rings. The van der Waals surface area contributed by atoms with Crippen molar-refractivity contribution in [3.63, 3.8) is 0 Å². The number of benzene rings is 1. The van der Waals surface area contributed by atoms with E-state index in [1.165, 1.54) is 12.1 Å². The highest BCUT2D eigenvalue weighted by molar-refractivity contribution is 6.05. The molecule has 0 aliphatic carbocycles. The Balaban J connectivity index is 1.95. The number of nitrogens with one attached hydrogen (secondary N) is 1. The molecule has 7 nitrogen and oxygen atoms in total. The maximum absolute atomic E-state index is 12.6. The lowest BCUT2D eigenvalue weighted by Gasteiger charge is -2.32. The molecule has 1 unspecified atom stereocenters. The average molecular weight is 286 g/mol. The fraction of sp³-hybridized carbons (Fsp3) is 0.214. The molecule has 7 heteroatoms. The number of nitrogens with zero attached hydrogens (tertiary/aromatic N) is 2. The molecule has 2 aromatic rings. The number of para-hydroxylation sites is 1. The van der Waals surface area contributed by atoms with Crippen LogP contribution in [0.2, 0.25) is 0 Å². The van der Waals surface area contributed by atoms with E-state index in [2.05, 4.69) is 4.98 Å². The summed E-state index contributed by atoms with van der Waals surface area (Å²) in [5, 5.41) is 10.7. The number of anilines is 1. The third-order valence-corrected chi connectivity index (χ3v) is 3.52. The van der Waals surface area contributed by atoms with Crippen molar-refractivity contribution in [3.8, 4) is 0 Å². The fourth-order valence-corrected chi connectivity index (χ4v) is 2.58. The zero-order valence-corrected chi connectivity index (χ0v) is 11.2. The number of fused-ring (bicyclic) bond motifs is 1. The van der Waals surface area contributed by atoms with Gasteiger partial charge in [-0.2, -0.15) is 0 Å². The van der Waals surface area contributed by atoms with Crippen molar-refractivity contribution in [3.05, 3.63) is 57.8 Å². The normalized spacial score (nSPS) is 17.4. The second kappa shape index (κ2) is 5.02. The Bertz CT molecular complexity index is 710. The van der Waals surface area contributed by atoms with E-state index in [-0.39, 0.29) is 23.5 Å². The van der Waals surface area contributed by atoms with Crippen LogP contribution >= 0.6 is 0 Å². The van der Waals surface area contributed by atoms with Gasteiger partial charge in [-0.05, 0) is 29.0 Å². The summed E-state index contributed by atoms with van der Waals surface area (Å²) in [4.78, 5) is 26.8. The topological polar surface area (TPSA) is 105 Å². The Labute approximate surface area is 120 Å². The van der Waals surface area contributed by atoms with Gasteiger partial charge in [0.2, 0.25) is 0 Å². The number of nitrogens with two attached hydrogens (primary N) is 1. The third-order valence-electron chi connectivity index (χ3n) is 3.52. The van der Waals surface area contributed by atoms with Crippen molar-refractivity contribution in [1.29, 1.82) is 0 Å². The number of carbonyl (C=O) groups excluding carboxylic acids is 1. The smallest absolute Gasteiger partial charge is 0.321 e. The Morgan fingerprint density at radius 1 is 1.33 bits per heavy atom. The van der Waals surface area contributed by atoms with E-state index in [0.29, 0.717) is 13.0 Å². The first-order valence-corrected chi connectivity index (χ1v) is 6.55. The van der Waals surface area contributed by atoms with Crippen molar-refractivity contribution in [1.82, 2.24) is 4.98 Å². The second-order valence-corrected chi connectivity index (χ2v) is 5.02. The molecule has 1 aliphatic rings. The molecule has 0 spiro atoms. The number of hydrogen-bond acceptors (Lipinski definition) is 4. The molecular formula is C14H14N4O3. The van der Waals surface area contributed by atoms with Crippen LogP contribution in [-0.4, -0.2) is 28.4 Å². The number of amides is 1. The highest BCUT2D eigenvalue weighted by Gasteiger charge is 2.29. The SMILES string of the molecule is NC1Cc2ccccc2N(C(=O)c2ccc([N+](=O)[O-])[nH]2)C1. The minimum absolute atomic E-state index is 0.145. The Morgan fingerprint density at radius 2 is 2.10 bits per heavy atom. The summed E-state index contributed by atoms with van der Waals surface area (Å²) >= 11 is 0. The molecular weight excluding hydrogens is 272 g/mol. The van der Waals surface area contributed by atoms with E-state index in [0.717, 1.165) is 11.3 Å². The van der Waals surface area contributed by atoms with Gasteiger partial charge in [-0.25, -0.2) is 4.98 Å². The van der Waals surface area contributed by atoms with Crippen LogP contribution in [0, 0.1) is 10.1 Å². The maximum Gasteiger partial charge on any atom is 0.321 e. The summed E-state index contributed by atoms with van der Waals surface area (Å²) in [5.74, 6) is -0.515. The molecule has 1 aromatic heterocycles. The molecule has 0 saturated carbocycles. The van der Waals surface area contributed by atoms with Gasteiger partial charge in [-0.15, -0.1) is 0 Å².